The van der Waals surface area contributed by atoms with Gasteiger partial charge in [-0.3, -0.25) is 4.98 Å². The summed E-state index contributed by atoms with van der Waals surface area (Å²) in [6.07, 6.45) is 5.72. The second kappa shape index (κ2) is 9.37. The molecular formula is C21H27FN6S. The first kappa shape index (κ1) is 21.3. The summed E-state index contributed by atoms with van der Waals surface area (Å²) in [7, 11) is 3.65. The lowest BCUT2D eigenvalue weighted by atomic mass is 10.00. The average Bonchev–Trinajstić information content (AvgIpc) is 2.72. The molecular weight excluding hydrogens is 387 g/mol. The summed E-state index contributed by atoms with van der Waals surface area (Å²) >= 11 is 0. The number of anilines is 2. The first-order chi connectivity index (χ1) is 13.6. The quantitative estimate of drug-likeness (QED) is 0.667. The molecule has 1 fully saturated rings. The van der Waals surface area contributed by atoms with Gasteiger partial charge in [-0.1, -0.05) is 6.07 Å². The second-order valence-corrected chi connectivity index (χ2v) is 7.43. The molecule has 6 nitrogen and oxygen atoms in total. The molecule has 1 saturated heterocycles. The predicted octanol–water partition coefficient (Wildman–Crippen LogP) is 3.42. The number of pyridine rings is 1. The molecule has 1 aliphatic rings. The van der Waals surface area contributed by atoms with E-state index >= 15 is 0 Å². The second-order valence-electron chi connectivity index (χ2n) is 7.43. The van der Waals surface area contributed by atoms with Crippen molar-refractivity contribution in [1.82, 2.24) is 20.3 Å². The Morgan fingerprint density at radius 1 is 1.21 bits per heavy atom. The van der Waals surface area contributed by atoms with Gasteiger partial charge in [0.25, 0.3) is 0 Å². The SMILES string of the molecule is CN(C)c1ccc(-c2cc3nccnc3c(NC[C@H]3CCCNC3)n2)cc1F.S. The van der Waals surface area contributed by atoms with E-state index in [1.807, 2.05) is 26.2 Å². The molecule has 0 radical (unpaired) electrons. The van der Waals surface area contributed by atoms with E-state index in [4.69, 9.17) is 4.98 Å². The Balaban J connectivity index is 0.00000240. The van der Waals surface area contributed by atoms with Gasteiger partial charge in [-0.05, 0) is 50.0 Å². The molecule has 1 aliphatic heterocycles. The van der Waals surface area contributed by atoms with Crippen molar-refractivity contribution >= 4 is 36.0 Å². The van der Waals surface area contributed by atoms with Crippen LogP contribution in [0.15, 0.2) is 36.7 Å². The van der Waals surface area contributed by atoms with Crippen molar-refractivity contribution in [2.75, 3.05) is 43.9 Å². The van der Waals surface area contributed by atoms with E-state index in [1.54, 1.807) is 23.4 Å². The van der Waals surface area contributed by atoms with Crippen LogP contribution >= 0.6 is 13.5 Å². The van der Waals surface area contributed by atoms with Crippen molar-refractivity contribution in [3.63, 3.8) is 0 Å². The largest absolute Gasteiger partial charge is 0.375 e. The molecule has 0 amide bonds. The molecule has 29 heavy (non-hydrogen) atoms. The van der Waals surface area contributed by atoms with Crippen LogP contribution in [0.2, 0.25) is 0 Å². The Kier molecular flexibility index (Phi) is 6.87. The lowest BCUT2D eigenvalue weighted by Gasteiger charge is -2.23. The van der Waals surface area contributed by atoms with E-state index in [2.05, 4.69) is 20.6 Å². The van der Waals surface area contributed by atoms with Gasteiger partial charge in [0.05, 0.1) is 16.9 Å². The van der Waals surface area contributed by atoms with Crippen LogP contribution in [0, 0.1) is 11.7 Å². The number of hydrogen-bond donors (Lipinski definition) is 2. The Morgan fingerprint density at radius 2 is 2.03 bits per heavy atom. The minimum atomic E-state index is -0.272. The molecule has 1 aromatic carbocycles. The summed E-state index contributed by atoms with van der Waals surface area (Å²) in [6, 6.07) is 7.04. The summed E-state index contributed by atoms with van der Waals surface area (Å²) in [5.41, 5.74) is 3.43. The number of nitrogens with one attached hydrogen (secondary N) is 2. The fraction of sp³-hybridized carbons (Fsp3) is 0.381. The van der Waals surface area contributed by atoms with Crippen molar-refractivity contribution < 1.29 is 4.39 Å². The number of hydrogen-bond acceptors (Lipinski definition) is 6. The van der Waals surface area contributed by atoms with Gasteiger partial charge in [0.1, 0.15) is 11.3 Å². The maximum absolute atomic E-state index is 14.5. The molecule has 1 atom stereocenters. The van der Waals surface area contributed by atoms with E-state index in [0.29, 0.717) is 23.1 Å². The van der Waals surface area contributed by atoms with Gasteiger partial charge in [0, 0.05) is 38.6 Å². The molecule has 3 heterocycles. The van der Waals surface area contributed by atoms with Gasteiger partial charge in [-0.15, -0.1) is 0 Å². The Bertz CT molecular complexity index is 975. The van der Waals surface area contributed by atoms with Crippen LogP contribution in [-0.4, -0.2) is 48.7 Å². The summed E-state index contributed by atoms with van der Waals surface area (Å²) < 4.78 is 14.5. The van der Waals surface area contributed by atoms with Crippen LogP contribution in [0.5, 0.6) is 0 Å². The third-order valence-electron chi connectivity index (χ3n) is 5.14. The molecule has 0 saturated carbocycles. The van der Waals surface area contributed by atoms with Crippen molar-refractivity contribution in [3.05, 3.63) is 42.5 Å². The minimum Gasteiger partial charge on any atom is -0.375 e. The number of nitrogens with zero attached hydrogens (tertiary/aromatic N) is 4. The smallest absolute Gasteiger partial charge is 0.154 e. The van der Waals surface area contributed by atoms with Crippen LogP contribution in [0.4, 0.5) is 15.9 Å². The highest BCUT2D eigenvalue weighted by Gasteiger charge is 2.16. The number of aromatic nitrogens is 3. The Labute approximate surface area is 177 Å². The lowest BCUT2D eigenvalue weighted by Crippen LogP contribution is -2.33. The molecule has 154 valence electrons. The zero-order valence-corrected chi connectivity index (χ0v) is 17.7. The van der Waals surface area contributed by atoms with Crippen LogP contribution in [0.25, 0.3) is 22.3 Å². The van der Waals surface area contributed by atoms with Crippen LogP contribution in [0.3, 0.4) is 0 Å². The van der Waals surface area contributed by atoms with E-state index in [0.717, 1.165) is 36.2 Å². The molecule has 3 aromatic rings. The molecule has 0 spiro atoms. The first-order valence-corrected chi connectivity index (χ1v) is 9.65. The van der Waals surface area contributed by atoms with Gasteiger partial charge >= 0.3 is 0 Å². The third kappa shape index (κ3) is 4.76. The number of fused-ring (bicyclic) bond motifs is 1. The van der Waals surface area contributed by atoms with Crippen molar-refractivity contribution in [2.24, 2.45) is 5.92 Å². The van der Waals surface area contributed by atoms with Crippen molar-refractivity contribution in [1.29, 1.82) is 0 Å². The number of halogens is 1. The van der Waals surface area contributed by atoms with Crippen molar-refractivity contribution in [2.45, 2.75) is 12.8 Å². The van der Waals surface area contributed by atoms with Gasteiger partial charge in [-0.25, -0.2) is 14.4 Å². The maximum Gasteiger partial charge on any atom is 0.154 e. The summed E-state index contributed by atoms with van der Waals surface area (Å²) in [5.74, 6) is 0.984. The normalized spacial score (nSPS) is 16.3. The Morgan fingerprint density at radius 3 is 2.76 bits per heavy atom. The first-order valence-electron chi connectivity index (χ1n) is 9.65. The molecule has 0 aliphatic carbocycles. The molecule has 0 bridgehead atoms. The summed E-state index contributed by atoms with van der Waals surface area (Å²) in [4.78, 5) is 15.4. The van der Waals surface area contributed by atoms with Gasteiger partial charge in [-0.2, -0.15) is 13.5 Å². The maximum atomic E-state index is 14.5. The van der Waals surface area contributed by atoms with Crippen molar-refractivity contribution in [3.8, 4) is 11.3 Å². The molecule has 0 unspecified atom stereocenters. The molecule has 4 rings (SSSR count). The summed E-state index contributed by atoms with van der Waals surface area (Å²) in [5, 5.41) is 6.89. The lowest BCUT2D eigenvalue weighted by molar-refractivity contribution is 0.392. The topological polar surface area (TPSA) is 66.0 Å². The molecule has 2 N–H and O–H groups in total. The zero-order valence-electron chi connectivity index (χ0n) is 16.7. The van der Waals surface area contributed by atoms with Crippen LogP contribution in [0.1, 0.15) is 12.8 Å². The fourth-order valence-corrected chi connectivity index (χ4v) is 3.61. The summed E-state index contributed by atoms with van der Waals surface area (Å²) in [6.45, 7) is 2.92. The van der Waals surface area contributed by atoms with Gasteiger partial charge < -0.3 is 15.5 Å². The van der Waals surface area contributed by atoms with Gasteiger partial charge in [0.15, 0.2) is 5.82 Å². The standard InChI is InChI=1S/C21H25FN6.H2S/c1-28(2)19-6-5-15(10-16(19)22)17-11-18-20(25-9-8-24-18)21(27-17)26-13-14-4-3-7-23-12-14;/h5-6,8-11,14,23H,3-4,7,12-13H2,1-2H3,(H,26,27);1H2/t14-;/m0./s1. The average molecular weight is 415 g/mol. The fourth-order valence-electron chi connectivity index (χ4n) is 3.61. The predicted molar refractivity (Wildman–Crippen MR) is 122 cm³/mol. The van der Waals surface area contributed by atoms with E-state index in [1.165, 1.54) is 18.9 Å². The van der Waals surface area contributed by atoms with Gasteiger partial charge in [0.2, 0.25) is 0 Å². The monoisotopic (exact) mass is 414 g/mol. The third-order valence-corrected chi connectivity index (χ3v) is 5.14. The Hall–Kier alpha value is -2.45. The highest BCUT2D eigenvalue weighted by Crippen LogP contribution is 2.28. The number of rotatable bonds is 5. The highest BCUT2D eigenvalue weighted by atomic mass is 32.1. The molecule has 2 aromatic heterocycles. The highest BCUT2D eigenvalue weighted by molar-refractivity contribution is 7.59. The number of benzene rings is 1. The van der Waals surface area contributed by atoms with Crippen LogP contribution in [-0.2, 0) is 0 Å². The van der Waals surface area contributed by atoms with E-state index in [-0.39, 0.29) is 19.3 Å². The number of piperidine rings is 1. The minimum absolute atomic E-state index is 0. The van der Waals surface area contributed by atoms with E-state index in [9.17, 15) is 4.39 Å². The zero-order chi connectivity index (χ0) is 19.5. The van der Waals surface area contributed by atoms with E-state index < -0.39 is 0 Å². The van der Waals surface area contributed by atoms with Crippen LogP contribution < -0.4 is 15.5 Å². The molecule has 8 heteroatoms.